The van der Waals surface area contributed by atoms with E-state index in [4.69, 9.17) is 15.0 Å². The summed E-state index contributed by atoms with van der Waals surface area (Å²) in [5.41, 5.74) is 1.60. The van der Waals surface area contributed by atoms with Gasteiger partial charge in [-0.2, -0.15) is 0 Å². The van der Waals surface area contributed by atoms with Gasteiger partial charge in [-0.15, -0.1) is 12.4 Å². The second-order valence-electron chi connectivity index (χ2n) is 6.96. The van der Waals surface area contributed by atoms with Crippen molar-refractivity contribution in [1.29, 1.82) is 0 Å². The molecule has 0 fully saturated rings. The van der Waals surface area contributed by atoms with E-state index in [-0.39, 0.29) is 47.7 Å². The van der Waals surface area contributed by atoms with Gasteiger partial charge in [-0.1, -0.05) is 67.6 Å². The van der Waals surface area contributed by atoms with E-state index in [0.717, 1.165) is 17.5 Å². The van der Waals surface area contributed by atoms with Crippen molar-refractivity contribution in [2.45, 2.75) is 38.1 Å². The molecule has 0 saturated heterocycles. The monoisotopic (exact) mass is 443 g/mol. The molecule has 5 nitrogen and oxygen atoms in total. The number of carbonyl (C=O) groups excluding carboxylic acids is 2. The van der Waals surface area contributed by atoms with Gasteiger partial charge in [-0.3, -0.25) is 4.79 Å². The van der Waals surface area contributed by atoms with Crippen molar-refractivity contribution in [2.75, 3.05) is 20.7 Å². The fraction of sp³-hybridized carbons (Fsp3) is 0.391. The summed E-state index contributed by atoms with van der Waals surface area (Å²) in [5.74, 6) is -1.16. The molecule has 0 saturated carbocycles. The number of carboxylic acids is 1. The average Bonchev–Trinajstić information content (AvgIpc) is 2.72. The Labute approximate surface area is 208 Å². The Morgan fingerprint density at radius 2 is 1.37 bits per heavy atom. The Kier molecular flexibility index (Phi) is 16.1. The van der Waals surface area contributed by atoms with E-state index in [1.165, 1.54) is 0 Å². The Morgan fingerprint density at radius 1 is 1.00 bits per heavy atom. The number of rotatable bonds is 8. The number of ketones is 1. The van der Waals surface area contributed by atoms with Crippen LogP contribution in [0, 0.1) is 0 Å². The topological polar surface area (TPSA) is 80.7 Å². The second-order valence-corrected chi connectivity index (χ2v) is 6.96. The summed E-state index contributed by atoms with van der Waals surface area (Å²) >= 11 is 0. The molecule has 0 aliphatic carbocycles. The van der Waals surface area contributed by atoms with Crippen LogP contribution in [0.2, 0.25) is 0 Å². The van der Waals surface area contributed by atoms with Crippen molar-refractivity contribution < 1.29 is 49.4 Å². The van der Waals surface area contributed by atoms with Crippen LogP contribution in [0.15, 0.2) is 60.7 Å². The molecule has 0 aliphatic rings. The smallest absolute Gasteiger partial charge is 0.548 e. The molecule has 2 aromatic carbocycles. The standard InChI is InChI=1S/C21H27NO.C2H4O3.ClH.Na/c1-5-20(23)21(16-17(2)22(3)4,18-12-8-6-9-13-18)19-14-10-7-11-15-19;3-1-2(4)5;;/h6-15,17H,5,16H2,1-4H3;3H,1H2,(H,4,5);1H;/q;;;+1/p-1. The van der Waals surface area contributed by atoms with Gasteiger partial charge in [0.15, 0.2) is 0 Å². The van der Waals surface area contributed by atoms with Gasteiger partial charge in [-0.25, -0.2) is 0 Å². The summed E-state index contributed by atoms with van der Waals surface area (Å²) in [6, 6.07) is 20.7. The molecule has 1 atom stereocenters. The maximum absolute atomic E-state index is 13.2. The number of aliphatic hydroxyl groups excluding tert-OH is 1. The minimum atomic E-state index is -1.44. The summed E-state index contributed by atoms with van der Waals surface area (Å²) in [4.78, 5) is 24.4. The summed E-state index contributed by atoms with van der Waals surface area (Å²) in [7, 11) is 4.14. The molecule has 30 heavy (non-hydrogen) atoms. The molecule has 1 N–H and O–H groups in total. The van der Waals surface area contributed by atoms with Gasteiger partial charge in [0, 0.05) is 12.5 Å². The summed E-state index contributed by atoms with van der Waals surface area (Å²) in [5, 5.41) is 16.5. The number of nitrogens with zero attached hydrogens (tertiary/aromatic N) is 1. The average molecular weight is 444 g/mol. The molecule has 0 aliphatic heterocycles. The van der Waals surface area contributed by atoms with Crippen LogP contribution in [0.25, 0.3) is 0 Å². The van der Waals surface area contributed by atoms with Gasteiger partial charge < -0.3 is 19.9 Å². The van der Waals surface area contributed by atoms with Gasteiger partial charge in [0.05, 0.1) is 18.0 Å². The Hall–Kier alpha value is -1.21. The minimum Gasteiger partial charge on any atom is -0.548 e. The molecule has 160 valence electrons. The molecular formula is C23H31ClNNaO4. The third kappa shape index (κ3) is 8.50. The first-order valence-corrected chi connectivity index (χ1v) is 9.41. The number of benzene rings is 2. The molecule has 0 radical (unpaired) electrons. The van der Waals surface area contributed by atoms with Gasteiger partial charge in [-0.05, 0) is 38.6 Å². The van der Waals surface area contributed by atoms with Crippen LogP contribution in [0.4, 0.5) is 0 Å². The van der Waals surface area contributed by atoms with Gasteiger partial charge in [0.2, 0.25) is 0 Å². The zero-order valence-corrected chi connectivity index (χ0v) is 21.3. The molecule has 0 aromatic heterocycles. The normalized spacial score (nSPS) is 11.3. The van der Waals surface area contributed by atoms with Crippen LogP contribution in [-0.2, 0) is 15.0 Å². The Bertz CT molecular complexity index is 702. The number of Topliss-reactive ketones (excluding diaryl/α,β-unsaturated/α-hetero) is 1. The number of hydrogen-bond acceptors (Lipinski definition) is 5. The van der Waals surface area contributed by atoms with E-state index in [0.29, 0.717) is 12.5 Å². The summed E-state index contributed by atoms with van der Waals surface area (Å²) in [6.45, 7) is 3.26. The first-order chi connectivity index (χ1) is 13.3. The van der Waals surface area contributed by atoms with Crippen LogP contribution in [0.1, 0.15) is 37.8 Å². The van der Waals surface area contributed by atoms with E-state index < -0.39 is 18.0 Å². The van der Waals surface area contributed by atoms with Gasteiger partial charge in [0.25, 0.3) is 0 Å². The molecule has 0 spiro atoms. The number of hydrogen-bond donors (Lipinski definition) is 1. The molecule has 7 heteroatoms. The van der Waals surface area contributed by atoms with E-state index in [1.54, 1.807) is 0 Å². The number of halogens is 1. The van der Waals surface area contributed by atoms with Crippen LogP contribution < -0.4 is 34.7 Å². The maximum atomic E-state index is 13.2. The van der Waals surface area contributed by atoms with E-state index in [2.05, 4.69) is 50.2 Å². The second kappa shape index (κ2) is 15.6. The van der Waals surface area contributed by atoms with Crippen molar-refractivity contribution in [3.63, 3.8) is 0 Å². The largest absolute Gasteiger partial charge is 1.00 e. The number of aliphatic hydroxyl groups is 1. The maximum Gasteiger partial charge on any atom is 1.00 e. The van der Waals surface area contributed by atoms with Crippen LogP contribution in [0.3, 0.4) is 0 Å². The molecule has 2 rings (SSSR count). The van der Waals surface area contributed by atoms with Crippen molar-refractivity contribution >= 4 is 24.2 Å². The van der Waals surface area contributed by atoms with E-state index in [9.17, 15) is 4.79 Å². The fourth-order valence-electron chi connectivity index (χ4n) is 3.21. The summed E-state index contributed by atoms with van der Waals surface area (Å²) in [6.07, 6.45) is 1.31. The zero-order chi connectivity index (χ0) is 21.2. The predicted molar refractivity (Wildman–Crippen MR) is 116 cm³/mol. The van der Waals surface area contributed by atoms with Crippen LogP contribution in [0.5, 0.6) is 0 Å². The summed E-state index contributed by atoms with van der Waals surface area (Å²) < 4.78 is 0. The third-order valence-corrected chi connectivity index (χ3v) is 4.94. The number of carbonyl (C=O) groups is 2. The number of carboxylic acid groups (broad SMARTS) is 1. The quantitative estimate of drug-likeness (QED) is 0.553. The first-order valence-electron chi connectivity index (χ1n) is 9.41. The Morgan fingerprint density at radius 3 is 1.63 bits per heavy atom. The van der Waals surface area contributed by atoms with Crippen LogP contribution >= 0.6 is 12.4 Å². The molecule has 0 bridgehead atoms. The van der Waals surface area contributed by atoms with Gasteiger partial charge in [0.1, 0.15) is 5.78 Å². The van der Waals surface area contributed by atoms with Gasteiger partial charge >= 0.3 is 29.6 Å². The molecule has 0 heterocycles. The van der Waals surface area contributed by atoms with Crippen molar-refractivity contribution in [3.05, 3.63) is 71.8 Å². The first kappa shape index (κ1) is 31.0. The van der Waals surface area contributed by atoms with Crippen molar-refractivity contribution in [3.8, 4) is 0 Å². The predicted octanol–water partition coefficient (Wildman–Crippen LogP) is -0.554. The van der Waals surface area contributed by atoms with E-state index in [1.807, 2.05) is 43.3 Å². The van der Waals surface area contributed by atoms with E-state index >= 15 is 0 Å². The van der Waals surface area contributed by atoms with Crippen molar-refractivity contribution in [2.24, 2.45) is 0 Å². The number of aliphatic carboxylic acids is 1. The molecule has 1 unspecified atom stereocenters. The van der Waals surface area contributed by atoms with Crippen molar-refractivity contribution in [1.82, 2.24) is 4.90 Å². The molecular weight excluding hydrogens is 413 g/mol. The third-order valence-electron chi connectivity index (χ3n) is 4.94. The molecule has 0 amide bonds. The minimum absolute atomic E-state index is 0. The zero-order valence-electron chi connectivity index (χ0n) is 18.5. The molecule has 2 aromatic rings. The fourth-order valence-corrected chi connectivity index (χ4v) is 3.21. The SMILES string of the molecule is CCC(=O)C(CC(C)N(C)C)(c1ccccc1)c1ccccc1.Cl.O=C([O-])CO.[Na+]. The Balaban J connectivity index is 0. The van der Waals surface area contributed by atoms with Crippen LogP contribution in [-0.4, -0.2) is 48.5 Å².